The Balaban J connectivity index is 0.00000162. The van der Waals surface area contributed by atoms with Gasteiger partial charge >= 0.3 is 0 Å². The first-order valence-corrected chi connectivity index (χ1v) is 6.31. The number of aromatic nitrogens is 1. The molecule has 0 saturated carbocycles. The van der Waals surface area contributed by atoms with Crippen LogP contribution in [0.3, 0.4) is 0 Å². The van der Waals surface area contributed by atoms with Gasteiger partial charge < -0.3 is 5.32 Å². The van der Waals surface area contributed by atoms with E-state index in [1.807, 2.05) is 4.90 Å². The molecule has 1 saturated heterocycles. The zero-order valence-corrected chi connectivity index (χ0v) is 13.3. The zero-order chi connectivity index (χ0) is 12.3. The highest BCUT2D eigenvalue weighted by atomic mass is 79.9. The molecule has 8 heteroatoms. The maximum absolute atomic E-state index is 13.2. The van der Waals surface area contributed by atoms with Crippen LogP contribution in [0, 0.1) is 0 Å². The lowest BCUT2D eigenvalue weighted by atomic mass is 10.1. The molecular formula is C11H16BrCl2F2N3. The lowest BCUT2D eigenvalue weighted by Gasteiger charge is -2.34. The Labute approximate surface area is 132 Å². The van der Waals surface area contributed by atoms with Gasteiger partial charge in [-0.25, -0.2) is 8.78 Å². The van der Waals surface area contributed by atoms with Gasteiger partial charge in [-0.1, -0.05) is 0 Å². The predicted molar refractivity (Wildman–Crippen MR) is 79.6 cm³/mol. The maximum atomic E-state index is 13.2. The quantitative estimate of drug-likeness (QED) is 0.876. The molecule has 1 aliphatic rings. The van der Waals surface area contributed by atoms with Gasteiger partial charge in [0.1, 0.15) is 0 Å². The van der Waals surface area contributed by atoms with E-state index in [1.54, 1.807) is 12.3 Å². The number of halogens is 5. The normalized spacial score (nSPS) is 17.5. The lowest BCUT2D eigenvalue weighted by Crippen LogP contribution is -2.46. The fraction of sp³-hybridized carbons (Fsp3) is 0.545. The molecule has 0 aliphatic carbocycles. The molecular weight excluding hydrogens is 363 g/mol. The second kappa shape index (κ2) is 9.02. The summed E-state index contributed by atoms with van der Waals surface area (Å²) in [6, 6.07) is 0.855. The van der Waals surface area contributed by atoms with Gasteiger partial charge in [0.2, 0.25) is 0 Å². The van der Waals surface area contributed by atoms with Crippen LogP contribution in [0.25, 0.3) is 0 Å². The van der Waals surface area contributed by atoms with E-state index in [9.17, 15) is 8.78 Å². The molecule has 3 nitrogen and oxygen atoms in total. The fourth-order valence-corrected chi connectivity index (χ4v) is 2.45. The fourth-order valence-electron chi connectivity index (χ4n) is 2.07. The first kappa shape index (κ1) is 19.0. The number of piperazine rings is 1. The molecule has 1 aromatic rings. The number of nitrogens with one attached hydrogen (secondary N) is 1. The topological polar surface area (TPSA) is 28.2 Å². The van der Waals surface area contributed by atoms with Gasteiger partial charge in [-0.15, -0.1) is 24.8 Å². The van der Waals surface area contributed by atoms with Gasteiger partial charge in [0, 0.05) is 43.0 Å². The van der Waals surface area contributed by atoms with Crippen LogP contribution < -0.4 is 5.32 Å². The molecule has 1 fully saturated rings. The van der Waals surface area contributed by atoms with E-state index in [-0.39, 0.29) is 24.8 Å². The minimum atomic E-state index is -2.40. The van der Waals surface area contributed by atoms with E-state index in [2.05, 4.69) is 26.2 Å². The molecule has 0 unspecified atom stereocenters. The van der Waals surface area contributed by atoms with E-state index in [0.29, 0.717) is 18.7 Å². The number of pyridine rings is 1. The molecule has 1 aromatic heterocycles. The predicted octanol–water partition coefficient (Wildman–Crippen LogP) is 2.90. The Morgan fingerprint density at radius 3 is 2.37 bits per heavy atom. The standard InChI is InChI=1S/C11H14BrF2N3.2ClH/c12-9-5-8(6-16-7-9)10(11(13)14)17-3-1-15-2-4-17;;/h5-7,10-11,15H,1-4H2;2*1H/t10-;;/m1../s1. The monoisotopic (exact) mass is 377 g/mol. The van der Waals surface area contributed by atoms with Crippen LogP contribution in [0.5, 0.6) is 0 Å². The average Bonchev–Trinajstić information content (AvgIpc) is 2.30. The summed E-state index contributed by atoms with van der Waals surface area (Å²) < 4.78 is 27.1. The van der Waals surface area contributed by atoms with Gasteiger partial charge in [-0.2, -0.15) is 0 Å². The molecule has 2 heterocycles. The highest BCUT2D eigenvalue weighted by Gasteiger charge is 2.30. The van der Waals surface area contributed by atoms with Gasteiger partial charge in [0.25, 0.3) is 6.43 Å². The molecule has 1 N–H and O–H groups in total. The second-order valence-electron chi connectivity index (χ2n) is 4.00. The summed E-state index contributed by atoms with van der Waals surface area (Å²) in [4.78, 5) is 5.77. The van der Waals surface area contributed by atoms with Crippen LogP contribution in [-0.4, -0.2) is 42.5 Å². The molecule has 0 spiro atoms. The molecule has 19 heavy (non-hydrogen) atoms. The maximum Gasteiger partial charge on any atom is 0.258 e. The van der Waals surface area contributed by atoms with Crippen molar-refractivity contribution in [1.82, 2.24) is 15.2 Å². The third kappa shape index (κ3) is 5.11. The number of nitrogens with zero attached hydrogens (tertiary/aromatic N) is 2. The van der Waals surface area contributed by atoms with Crippen LogP contribution >= 0.6 is 40.7 Å². The Morgan fingerprint density at radius 2 is 1.84 bits per heavy atom. The number of alkyl halides is 2. The molecule has 1 atom stereocenters. The van der Waals surface area contributed by atoms with E-state index in [0.717, 1.165) is 17.6 Å². The second-order valence-corrected chi connectivity index (χ2v) is 4.92. The Bertz CT molecular complexity index is 379. The summed E-state index contributed by atoms with van der Waals surface area (Å²) >= 11 is 3.27. The number of hydrogen-bond donors (Lipinski definition) is 1. The Kier molecular flexibility index (Phi) is 9.02. The smallest absolute Gasteiger partial charge is 0.258 e. The highest BCUT2D eigenvalue weighted by molar-refractivity contribution is 9.10. The van der Waals surface area contributed by atoms with Gasteiger partial charge in [-0.05, 0) is 27.6 Å². The first-order valence-electron chi connectivity index (χ1n) is 5.52. The largest absolute Gasteiger partial charge is 0.314 e. The summed E-state index contributed by atoms with van der Waals surface area (Å²) in [6.45, 7) is 2.79. The van der Waals surface area contributed by atoms with E-state index >= 15 is 0 Å². The Morgan fingerprint density at radius 1 is 1.21 bits per heavy atom. The van der Waals surface area contributed by atoms with Crippen molar-refractivity contribution >= 4 is 40.7 Å². The van der Waals surface area contributed by atoms with Crippen LogP contribution in [0.4, 0.5) is 8.78 Å². The molecule has 1 aliphatic heterocycles. The summed E-state index contributed by atoms with van der Waals surface area (Å²) in [5.74, 6) is 0. The van der Waals surface area contributed by atoms with Gasteiger partial charge in [0.05, 0.1) is 6.04 Å². The summed E-state index contributed by atoms with van der Waals surface area (Å²) in [5.41, 5.74) is 0.566. The van der Waals surface area contributed by atoms with Crippen molar-refractivity contribution in [2.24, 2.45) is 0 Å². The number of hydrogen-bond acceptors (Lipinski definition) is 3. The molecule has 0 aromatic carbocycles. The summed E-state index contributed by atoms with van der Waals surface area (Å²) in [6.07, 6.45) is 0.720. The summed E-state index contributed by atoms with van der Waals surface area (Å²) in [7, 11) is 0. The van der Waals surface area contributed by atoms with Crippen LogP contribution in [-0.2, 0) is 0 Å². The van der Waals surface area contributed by atoms with Gasteiger partial charge in [-0.3, -0.25) is 9.88 Å². The van der Waals surface area contributed by atoms with E-state index in [4.69, 9.17) is 0 Å². The Hall–Kier alpha value is -0.0100. The molecule has 0 bridgehead atoms. The van der Waals surface area contributed by atoms with E-state index in [1.165, 1.54) is 6.20 Å². The van der Waals surface area contributed by atoms with Crippen molar-refractivity contribution in [1.29, 1.82) is 0 Å². The molecule has 2 rings (SSSR count). The summed E-state index contributed by atoms with van der Waals surface area (Å²) in [5, 5.41) is 3.16. The number of rotatable bonds is 3. The minimum absolute atomic E-state index is 0. The molecule has 110 valence electrons. The average molecular weight is 379 g/mol. The first-order chi connectivity index (χ1) is 8.18. The van der Waals surface area contributed by atoms with Crippen LogP contribution in [0.1, 0.15) is 11.6 Å². The van der Waals surface area contributed by atoms with Crippen molar-refractivity contribution in [3.05, 3.63) is 28.5 Å². The molecule has 0 radical (unpaired) electrons. The third-order valence-electron chi connectivity index (χ3n) is 2.85. The highest BCUT2D eigenvalue weighted by Crippen LogP contribution is 2.28. The van der Waals surface area contributed by atoms with Crippen LogP contribution in [0.15, 0.2) is 22.9 Å². The SMILES string of the molecule is Cl.Cl.FC(F)[C@@H](c1cncc(Br)c1)N1CCNCC1. The molecule has 0 amide bonds. The minimum Gasteiger partial charge on any atom is -0.314 e. The lowest BCUT2D eigenvalue weighted by molar-refractivity contribution is 0.0180. The van der Waals surface area contributed by atoms with Crippen molar-refractivity contribution in [3.63, 3.8) is 0 Å². The van der Waals surface area contributed by atoms with Crippen LogP contribution in [0.2, 0.25) is 0 Å². The van der Waals surface area contributed by atoms with Crippen molar-refractivity contribution in [2.75, 3.05) is 26.2 Å². The van der Waals surface area contributed by atoms with Gasteiger partial charge in [0.15, 0.2) is 0 Å². The van der Waals surface area contributed by atoms with Crippen molar-refractivity contribution in [2.45, 2.75) is 12.5 Å². The van der Waals surface area contributed by atoms with Crippen molar-refractivity contribution < 1.29 is 8.78 Å². The van der Waals surface area contributed by atoms with Crippen molar-refractivity contribution in [3.8, 4) is 0 Å². The zero-order valence-electron chi connectivity index (χ0n) is 10.1. The third-order valence-corrected chi connectivity index (χ3v) is 3.28. The van der Waals surface area contributed by atoms with E-state index < -0.39 is 12.5 Å².